The van der Waals surface area contributed by atoms with Gasteiger partial charge in [-0.15, -0.1) is 0 Å². The van der Waals surface area contributed by atoms with Crippen LogP contribution in [0.4, 0.5) is 23.2 Å². The van der Waals surface area contributed by atoms with Gasteiger partial charge in [-0.05, 0) is 12.1 Å². The van der Waals surface area contributed by atoms with Crippen LogP contribution in [-0.2, 0) is 6.54 Å². The molecule has 1 heterocycles. The van der Waals surface area contributed by atoms with E-state index in [2.05, 4.69) is 10.3 Å². The lowest BCUT2D eigenvalue weighted by atomic mass is 10.1. The Morgan fingerprint density at radius 2 is 1.95 bits per heavy atom. The van der Waals surface area contributed by atoms with Crippen molar-refractivity contribution in [3.05, 3.63) is 36.0 Å². The number of alkyl halides is 4. The molecule has 1 aromatic heterocycles. The molecule has 3 nitrogen and oxygen atoms in total. The number of nitrogens with zero attached hydrogens (tertiary/aromatic N) is 1. The van der Waals surface area contributed by atoms with E-state index in [4.69, 9.17) is 5.73 Å². The molecule has 108 valence electrons. The number of fused-ring (bicyclic) bond motifs is 1. The number of halogens is 4. The summed E-state index contributed by atoms with van der Waals surface area (Å²) < 4.78 is 49.4. The first-order chi connectivity index (χ1) is 9.40. The summed E-state index contributed by atoms with van der Waals surface area (Å²) in [5.41, 5.74) is 7.34. The second-order valence-corrected chi connectivity index (χ2v) is 4.39. The van der Waals surface area contributed by atoms with E-state index in [-0.39, 0.29) is 6.54 Å². The largest absolute Gasteiger partial charge is 0.398 e. The van der Waals surface area contributed by atoms with E-state index in [0.717, 1.165) is 5.39 Å². The summed E-state index contributed by atoms with van der Waals surface area (Å²) in [6, 6.07) is 8.65. The molecule has 0 unspecified atom stereocenters. The Balaban J connectivity index is 2.07. The summed E-state index contributed by atoms with van der Waals surface area (Å²) in [6.07, 6.45) is -3.69. The SMILES string of the molecule is Nc1cc(CNCC(F)(F)C(F)F)nc2ccccc12. The maximum atomic E-state index is 12.7. The lowest BCUT2D eigenvalue weighted by Gasteiger charge is -2.15. The van der Waals surface area contributed by atoms with Gasteiger partial charge in [0.1, 0.15) is 0 Å². The van der Waals surface area contributed by atoms with Crippen molar-refractivity contribution < 1.29 is 17.6 Å². The average Bonchev–Trinajstić information content (AvgIpc) is 2.38. The Hall–Kier alpha value is -1.89. The van der Waals surface area contributed by atoms with Gasteiger partial charge in [-0.25, -0.2) is 8.78 Å². The Bertz CT molecular complexity index is 601. The number of aromatic nitrogens is 1. The number of nitrogens with one attached hydrogen (secondary N) is 1. The fraction of sp³-hybridized carbons (Fsp3) is 0.308. The maximum Gasteiger partial charge on any atom is 0.319 e. The molecule has 20 heavy (non-hydrogen) atoms. The van der Waals surface area contributed by atoms with E-state index < -0.39 is 18.9 Å². The fourth-order valence-corrected chi connectivity index (χ4v) is 1.78. The Morgan fingerprint density at radius 3 is 2.65 bits per heavy atom. The number of hydrogen-bond acceptors (Lipinski definition) is 3. The minimum absolute atomic E-state index is 0.0582. The van der Waals surface area contributed by atoms with Crippen LogP contribution in [0.1, 0.15) is 5.69 Å². The molecular formula is C13H13F4N3. The minimum atomic E-state index is -4.05. The van der Waals surface area contributed by atoms with Crippen LogP contribution >= 0.6 is 0 Å². The number of rotatable bonds is 5. The topological polar surface area (TPSA) is 50.9 Å². The fourth-order valence-electron chi connectivity index (χ4n) is 1.78. The van der Waals surface area contributed by atoms with Crippen LogP contribution in [0, 0.1) is 0 Å². The molecule has 0 aliphatic heterocycles. The predicted octanol–water partition coefficient (Wildman–Crippen LogP) is 2.81. The predicted molar refractivity (Wildman–Crippen MR) is 68.8 cm³/mol. The lowest BCUT2D eigenvalue weighted by Crippen LogP contribution is -2.38. The van der Waals surface area contributed by atoms with Gasteiger partial charge >= 0.3 is 12.3 Å². The quantitative estimate of drug-likeness (QED) is 0.831. The van der Waals surface area contributed by atoms with Gasteiger partial charge in [0.25, 0.3) is 0 Å². The van der Waals surface area contributed by atoms with Gasteiger partial charge in [0.2, 0.25) is 0 Å². The number of para-hydroxylation sites is 1. The van der Waals surface area contributed by atoms with Crippen LogP contribution in [0.2, 0.25) is 0 Å². The van der Waals surface area contributed by atoms with Gasteiger partial charge < -0.3 is 11.1 Å². The van der Waals surface area contributed by atoms with Gasteiger partial charge in [-0.3, -0.25) is 4.98 Å². The van der Waals surface area contributed by atoms with E-state index in [0.29, 0.717) is 16.9 Å². The molecule has 0 saturated heterocycles. The first-order valence-corrected chi connectivity index (χ1v) is 5.91. The van der Waals surface area contributed by atoms with Crippen molar-refractivity contribution in [2.24, 2.45) is 0 Å². The van der Waals surface area contributed by atoms with Crippen LogP contribution in [0.3, 0.4) is 0 Å². The molecule has 0 spiro atoms. The van der Waals surface area contributed by atoms with Gasteiger partial charge in [0, 0.05) is 17.6 Å². The normalized spacial score (nSPS) is 12.2. The van der Waals surface area contributed by atoms with Crippen LogP contribution < -0.4 is 11.1 Å². The molecule has 7 heteroatoms. The molecule has 2 aromatic rings. The van der Waals surface area contributed by atoms with Crippen LogP contribution in [0.5, 0.6) is 0 Å². The molecule has 0 amide bonds. The van der Waals surface area contributed by atoms with Crippen molar-refractivity contribution >= 4 is 16.6 Å². The standard InChI is InChI=1S/C13H13F4N3/c14-12(15)13(16,17)7-19-6-8-5-10(18)9-3-1-2-4-11(9)20-8/h1-5,12,19H,6-7H2,(H2,18,20). The molecule has 0 aliphatic rings. The van der Waals surface area contributed by atoms with E-state index >= 15 is 0 Å². The number of benzene rings is 1. The number of nitrogen functional groups attached to an aromatic ring is 1. The smallest absolute Gasteiger partial charge is 0.319 e. The molecule has 0 atom stereocenters. The third-order valence-electron chi connectivity index (χ3n) is 2.79. The Morgan fingerprint density at radius 1 is 1.25 bits per heavy atom. The summed E-state index contributed by atoms with van der Waals surface area (Å²) >= 11 is 0. The summed E-state index contributed by atoms with van der Waals surface area (Å²) in [6.45, 7) is -1.17. The zero-order chi connectivity index (χ0) is 14.8. The van der Waals surface area contributed by atoms with Gasteiger partial charge in [0.05, 0.1) is 17.8 Å². The summed E-state index contributed by atoms with van der Waals surface area (Å²) in [5.74, 6) is -4.05. The van der Waals surface area contributed by atoms with Gasteiger partial charge in [-0.2, -0.15) is 8.78 Å². The van der Waals surface area contributed by atoms with Crippen molar-refractivity contribution in [2.75, 3.05) is 12.3 Å². The third kappa shape index (κ3) is 3.16. The molecule has 1 aromatic carbocycles. The average molecular weight is 287 g/mol. The van der Waals surface area contributed by atoms with Crippen molar-refractivity contribution in [1.29, 1.82) is 0 Å². The van der Waals surface area contributed by atoms with Gasteiger partial charge in [0.15, 0.2) is 0 Å². The van der Waals surface area contributed by atoms with Gasteiger partial charge in [-0.1, -0.05) is 18.2 Å². The minimum Gasteiger partial charge on any atom is -0.398 e. The summed E-state index contributed by atoms with van der Waals surface area (Å²) in [5, 5.41) is 3.03. The maximum absolute atomic E-state index is 12.7. The van der Waals surface area contributed by atoms with E-state index in [1.54, 1.807) is 18.2 Å². The highest BCUT2D eigenvalue weighted by Crippen LogP contribution is 2.22. The number of anilines is 1. The summed E-state index contributed by atoms with van der Waals surface area (Å²) in [7, 11) is 0. The van der Waals surface area contributed by atoms with Crippen molar-refractivity contribution in [3.63, 3.8) is 0 Å². The molecule has 3 N–H and O–H groups in total. The zero-order valence-electron chi connectivity index (χ0n) is 10.4. The van der Waals surface area contributed by atoms with Crippen LogP contribution in [0.15, 0.2) is 30.3 Å². The Labute approximate surface area is 112 Å². The van der Waals surface area contributed by atoms with Crippen LogP contribution in [-0.4, -0.2) is 23.9 Å². The first-order valence-electron chi connectivity index (χ1n) is 5.91. The van der Waals surface area contributed by atoms with E-state index in [1.165, 1.54) is 6.07 Å². The third-order valence-corrected chi connectivity index (χ3v) is 2.79. The molecule has 0 radical (unpaired) electrons. The second-order valence-electron chi connectivity index (χ2n) is 4.39. The molecule has 0 bridgehead atoms. The first kappa shape index (κ1) is 14.5. The van der Waals surface area contributed by atoms with E-state index in [1.807, 2.05) is 6.07 Å². The molecule has 2 rings (SSSR count). The number of pyridine rings is 1. The molecule has 0 saturated carbocycles. The second kappa shape index (κ2) is 5.62. The summed E-state index contributed by atoms with van der Waals surface area (Å²) in [4.78, 5) is 4.23. The lowest BCUT2D eigenvalue weighted by molar-refractivity contribution is -0.125. The van der Waals surface area contributed by atoms with Crippen molar-refractivity contribution in [1.82, 2.24) is 10.3 Å². The highest BCUT2D eigenvalue weighted by molar-refractivity contribution is 5.90. The molecular weight excluding hydrogens is 274 g/mol. The highest BCUT2D eigenvalue weighted by atomic mass is 19.3. The molecule has 0 aliphatic carbocycles. The van der Waals surface area contributed by atoms with Crippen LogP contribution in [0.25, 0.3) is 10.9 Å². The van der Waals surface area contributed by atoms with Crippen molar-refractivity contribution in [2.45, 2.75) is 18.9 Å². The van der Waals surface area contributed by atoms with E-state index in [9.17, 15) is 17.6 Å². The zero-order valence-corrected chi connectivity index (χ0v) is 10.4. The number of nitrogens with two attached hydrogens (primary N) is 1. The molecule has 0 fully saturated rings. The number of hydrogen-bond donors (Lipinski definition) is 2. The Kier molecular flexibility index (Phi) is 4.08. The van der Waals surface area contributed by atoms with Crippen molar-refractivity contribution in [3.8, 4) is 0 Å². The monoisotopic (exact) mass is 287 g/mol. The highest BCUT2D eigenvalue weighted by Gasteiger charge is 2.39.